The molecule has 0 radical (unpaired) electrons. The minimum absolute atomic E-state index is 0.344. The Kier molecular flexibility index (Phi) is 9.87. The van der Waals surface area contributed by atoms with E-state index in [9.17, 15) is 0 Å². The average Bonchev–Trinajstić information content (AvgIpc) is 2.82. The lowest BCUT2D eigenvalue weighted by Crippen LogP contribution is -2.03. The van der Waals surface area contributed by atoms with Crippen LogP contribution in [0.4, 0.5) is 11.4 Å². The standard InChI is InChI=1S/C30H44N2/c1-10-20(7)31-29-23(12-3)16-27(17-24(29)13-4)22(9)28-18-25(14-5)30(26(15-6)19-28)32-21(8)11-2/h16-19,22H,10-15H2,1-9H3. The van der Waals surface area contributed by atoms with E-state index in [4.69, 9.17) is 9.98 Å². The lowest BCUT2D eigenvalue weighted by Gasteiger charge is -2.21. The number of hydrogen-bond acceptors (Lipinski definition) is 2. The highest BCUT2D eigenvalue weighted by Gasteiger charge is 2.17. The Hall–Kier alpha value is -2.22. The third-order valence-corrected chi connectivity index (χ3v) is 6.73. The van der Waals surface area contributed by atoms with E-state index in [1.165, 1.54) is 56.2 Å². The van der Waals surface area contributed by atoms with Gasteiger partial charge in [0.05, 0.1) is 11.4 Å². The van der Waals surface area contributed by atoms with Gasteiger partial charge < -0.3 is 0 Å². The number of aliphatic imine (C=N–C) groups is 2. The second-order valence-corrected chi connectivity index (χ2v) is 8.91. The highest BCUT2D eigenvalue weighted by atomic mass is 14.8. The van der Waals surface area contributed by atoms with Crippen LogP contribution in [0.5, 0.6) is 0 Å². The zero-order valence-corrected chi connectivity index (χ0v) is 22.0. The molecular weight excluding hydrogens is 388 g/mol. The van der Waals surface area contributed by atoms with E-state index >= 15 is 0 Å². The summed E-state index contributed by atoms with van der Waals surface area (Å²) in [6.45, 7) is 20.0. The van der Waals surface area contributed by atoms with E-state index in [0.717, 1.165) is 38.5 Å². The SMILES string of the molecule is CCC(C)=Nc1c(CC)cc(C(C)c2cc(CC)c(N=C(C)CC)c(CC)c2)cc1CC. The minimum atomic E-state index is 0.344. The molecular formula is C30H44N2. The van der Waals surface area contributed by atoms with Gasteiger partial charge in [0.2, 0.25) is 0 Å². The Labute approximate surface area is 197 Å². The molecule has 0 amide bonds. The summed E-state index contributed by atoms with van der Waals surface area (Å²) < 4.78 is 0. The Morgan fingerprint density at radius 2 is 0.875 bits per heavy atom. The summed E-state index contributed by atoms with van der Waals surface area (Å²) in [6.07, 6.45) is 6.02. The van der Waals surface area contributed by atoms with Crippen LogP contribution in [-0.4, -0.2) is 11.4 Å². The Balaban J connectivity index is 2.63. The lowest BCUT2D eigenvalue weighted by molar-refractivity contribution is 0.896. The fourth-order valence-corrected chi connectivity index (χ4v) is 4.17. The maximum atomic E-state index is 5.00. The summed E-state index contributed by atoms with van der Waals surface area (Å²) in [6, 6.07) is 9.60. The molecule has 2 aromatic rings. The second kappa shape index (κ2) is 12.1. The van der Waals surface area contributed by atoms with Gasteiger partial charge in [0, 0.05) is 17.3 Å². The molecule has 2 nitrogen and oxygen atoms in total. The molecule has 174 valence electrons. The number of rotatable bonds is 10. The van der Waals surface area contributed by atoms with Crippen molar-refractivity contribution in [3.05, 3.63) is 57.6 Å². The Bertz CT molecular complexity index is 849. The Morgan fingerprint density at radius 3 is 1.09 bits per heavy atom. The van der Waals surface area contributed by atoms with Crippen LogP contribution in [0.25, 0.3) is 0 Å². The van der Waals surface area contributed by atoms with Crippen LogP contribution in [0.3, 0.4) is 0 Å². The van der Waals surface area contributed by atoms with E-state index in [0.29, 0.717) is 5.92 Å². The van der Waals surface area contributed by atoms with Crippen molar-refractivity contribution in [1.29, 1.82) is 0 Å². The summed E-state index contributed by atoms with van der Waals surface area (Å²) in [7, 11) is 0. The molecule has 0 bridgehead atoms. The zero-order valence-electron chi connectivity index (χ0n) is 22.0. The van der Waals surface area contributed by atoms with Gasteiger partial charge in [-0.3, -0.25) is 9.98 Å². The molecule has 0 saturated carbocycles. The number of aryl methyl sites for hydroxylation is 4. The predicted octanol–water partition coefficient (Wildman–Crippen LogP) is 9.09. The summed E-state index contributed by atoms with van der Waals surface area (Å²) in [5, 5.41) is 0. The summed E-state index contributed by atoms with van der Waals surface area (Å²) >= 11 is 0. The summed E-state index contributed by atoms with van der Waals surface area (Å²) in [4.78, 5) is 9.99. The molecule has 0 aliphatic carbocycles. The first-order valence-corrected chi connectivity index (χ1v) is 12.7. The lowest BCUT2D eigenvalue weighted by atomic mass is 9.86. The maximum absolute atomic E-state index is 5.00. The van der Waals surface area contributed by atoms with Crippen molar-refractivity contribution in [2.75, 3.05) is 0 Å². The van der Waals surface area contributed by atoms with Crippen molar-refractivity contribution in [3.8, 4) is 0 Å². The van der Waals surface area contributed by atoms with Gasteiger partial charge in [-0.25, -0.2) is 0 Å². The first kappa shape index (κ1) is 26.0. The molecule has 0 aliphatic rings. The number of benzene rings is 2. The fraction of sp³-hybridized carbons (Fsp3) is 0.533. The molecule has 0 N–H and O–H groups in total. The van der Waals surface area contributed by atoms with Gasteiger partial charge in [-0.2, -0.15) is 0 Å². The van der Waals surface area contributed by atoms with E-state index in [2.05, 4.69) is 86.6 Å². The summed E-state index contributed by atoms with van der Waals surface area (Å²) in [5.74, 6) is 0.344. The van der Waals surface area contributed by atoms with Crippen molar-refractivity contribution >= 4 is 22.8 Å². The van der Waals surface area contributed by atoms with Gasteiger partial charge in [-0.1, -0.05) is 72.7 Å². The van der Waals surface area contributed by atoms with Crippen LogP contribution in [-0.2, 0) is 25.7 Å². The molecule has 0 aliphatic heterocycles. The van der Waals surface area contributed by atoms with Gasteiger partial charge >= 0.3 is 0 Å². The van der Waals surface area contributed by atoms with Crippen LogP contribution >= 0.6 is 0 Å². The topological polar surface area (TPSA) is 24.7 Å². The molecule has 0 saturated heterocycles. The first-order valence-electron chi connectivity index (χ1n) is 12.7. The normalized spacial score (nSPS) is 13.5. The molecule has 0 atom stereocenters. The molecule has 2 heteroatoms. The molecule has 2 aromatic carbocycles. The highest BCUT2D eigenvalue weighted by Crippen LogP contribution is 2.36. The minimum Gasteiger partial charge on any atom is -0.258 e. The molecule has 0 unspecified atom stereocenters. The molecule has 2 rings (SSSR count). The number of hydrogen-bond donors (Lipinski definition) is 0. The second-order valence-electron chi connectivity index (χ2n) is 8.91. The van der Waals surface area contributed by atoms with Crippen molar-refractivity contribution in [2.45, 2.75) is 107 Å². The van der Waals surface area contributed by atoms with Gasteiger partial charge in [0.1, 0.15) is 0 Å². The monoisotopic (exact) mass is 432 g/mol. The van der Waals surface area contributed by atoms with Crippen molar-refractivity contribution in [3.63, 3.8) is 0 Å². The quantitative estimate of drug-likeness (QED) is 0.334. The van der Waals surface area contributed by atoms with Crippen molar-refractivity contribution in [1.82, 2.24) is 0 Å². The fourth-order valence-electron chi connectivity index (χ4n) is 4.17. The van der Waals surface area contributed by atoms with Crippen LogP contribution < -0.4 is 0 Å². The number of nitrogens with zero attached hydrogens (tertiary/aromatic N) is 2. The van der Waals surface area contributed by atoms with E-state index < -0.39 is 0 Å². The van der Waals surface area contributed by atoms with E-state index in [-0.39, 0.29) is 0 Å². The van der Waals surface area contributed by atoms with Crippen molar-refractivity contribution < 1.29 is 0 Å². The van der Waals surface area contributed by atoms with E-state index in [1.807, 2.05) is 0 Å². The van der Waals surface area contributed by atoms with Crippen LogP contribution in [0.2, 0.25) is 0 Å². The van der Waals surface area contributed by atoms with E-state index in [1.54, 1.807) is 0 Å². The smallest absolute Gasteiger partial charge is 0.0692 e. The molecule has 0 spiro atoms. The van der Waals surface area contributed by atoms with Crippen molar-refractivity contribution in [2.24, 2.45) is 9.98 Å². The molecule has 0 fully saturated rings. The largest absolute Gasteiger partial charge is 0.258 e. The van der Waals surface area contributed by atoms with Gasteiger partial charge in [0.15, 0.2) is 0 Å². The predicted molar refractivity (Wildman–Crippen MR) is 144 cm³/mol. The first-order chi connectivity index (χ1) is 15.3. The Morgan fingerprint density at radius 1 is 0.594 bits per heavy atom. The van der Waals surface area contributed by atoms with Gasteiger partial charge in [-0.15, -0.1) is 0 Å². The molecule has 0 heterocycles. The third kappa shape index (κ3) is 5.97. The zero-order chi connectivity index (χ0) is 23.8. The maximum Gasteiger partial charge on any atom is 0.0692 e. The van der Waals surface area contributed by atoms with Gasteiger partial charge in [-0.05, 0) is 85.8 Å². The highest BCUT2D eigenvalue weighted by molar-refractivity contribution is 5.86. The van der Waals surface area contributed by atoms with Crippen LogP contribution in [0.15, 0.2) is 34.3 Å². The molecule has 0 aromatic heterocycles. The van der Waals surface area contributed by atoms with Gasteiger partial charge in [0.25, 0.3) is 0 Å². The summed E-state index contributed by atoms with van der Waals surface area (Å²) in [5.41, 5.74) is 13.1. The third-order valence-electron chi connectivity index (χ3n) is 6.73. The van der Waals surface area contributed by atoms with Crippen LogP contribution in [0, 0.1) is 0 Å². The molecule has 32 heavy (non-hydrogen) atoms. The van der Waals surface area contributed by atoms with Crippen LogP contribution in [0.1, 0.15) is 114 Å². The average molecular weight is 433 g/mol.